The Labute approximate surface area is 213 Å². The second-order valence-corrected chi connectivity index (χ2v) is 9.65. The average molecular weight is 487 g/mol. The number of aromatic amines is 2. The Morgan fingerprint density at radius 2 is 1.73 bits per heavy atom. The number of hydrogen-bond acceptors (Lipinski definition) is 6. The molecule has 0 amide bonds. The molecule has 6 aromatic heterocycles. The van der Waals surface area contributed by atoms with Crippen molar-refractivity contribution in [2.45, 2.75) is 25.8 Å². The first-order valence-corrected chi connectivity index (χ1v) is 12.7. The molecule has 37 heavy (non-hydrogen) atoms. The maximum absolute atomic E-state index is 4.71. The molecule has 0 spiro atoms. The van der Waals surface area contributed by atoms with Gasteiger partial charge in [-0.15, -0.1) is 0 Å². The van der Waals surface area contributed by atoms with Gasteiger partial charge in [0.25, 0.3) is 0 Å². The second kappa shape index (κ2) is 9.22. The molecule has 1 aliphatic rings. The van der Waals surface area contributed by atoms with Gasteiger partial charge in [0.05, 0.1) is 23.1 Å². The predicted molar refractivity (Wildman–Crippen MR) is 145 cm³/mol. The van der Waals surface area contributed by atoms with E-state index >= 15 is 0 Å². The average Bonchev–Trinajstić information content (AvgIpc) is 3.58. The van der Waals surface area contributed by atoms with Crippen molar-refractivity contribution in [3.8, 4) is 33.8 Å². The smallest absolute Gasteiger partial charge is 0.138 e. The molecule has 1 saturated heterocycles. The Kier molecular flexibility index (Phi) is 5.44. The van der Waals surface area contributed by atoms with E-state index in [9.17, 15) is 0 Å². The Balaban J connectivity index is 1.26. The quantitative estimate of drug-likeness (QED) is 0.329. The summed E-state index contributed by atoms with van der Waals surface area (Å²) in [5.74, 6) is 0. The number of hydrogen-bond donors (Lipinski definition) is 2. The van der Waals surface area contributed by atoms with Gasteiger partial charge in [-0.2, -0.15) is 5.10 Å². The van der Waals surface area contributed by atoms with Gasteiger partial charge in [-0.05, 0) is 67.4 Å². The Hall–Kier alpha value is -4.43. The van der Waals surface area contributed by atoms with E-state index in [1.807, 2.05) is 43.1 Å². The van der Waals surface area contributed by atoms with Crippen LogP contribution in [0.4, 0.5) is 0 Å². The van der Waals surface area contributed by atoms with Crippen LogP contribution >= 0.6 is 0 Å². The van der Waals surface area contributed by atoms with Crippen molar-refractivity contribution in [1.29, 1.82) is 0 Å². The Morgan fingerprint density at radius 1 is 0.811 bits per heavy atom. The molecule has 2 N–H and O–H groups in total. The molecule has 0 saturated carbocycles. The minimum absolute atomic E-state index is 0.816. The summed E-state index contributed by atoms with van der Waals surface area (Å²) in [5, 5.41) is 9.80. The van der Waals surface area contributed by atoms with Crippen molar-refractivity contribution >= 4 is 21.9 Å². The summed E-state index contributed by atoms with van der Waals surface area (Å²) < 4.78 is 0. The molecular formula is C29H26N8. The van der Waals surface area contributed by atoms with E-state index in [0.717, 1.165) is 75.3 Å². The van der Waals surface area contributed by atoms with E-state index in [1.54, 1.807) is 6.20 Å². The van der Waals surface area contributed by atoms with Crippen LogP contribution in [0.15, 0.2) is 73.6 Å². The summed E-state index contributed by atoms with van der Waals surface area (Å²) in [6.07, 6.45) is 15.1. The number of nitrogens with zero attached hydrogens (tertiary/aromatic N) is 6. The Bertz CT molecular complexity index is 1700. The van der Waals surface area contributed by atoms with Gasteiger partial charge in [0.2, 0.25) is 0 Å². The number of likely N-dealkylation sites (tertiary alicyclic amines) is 1. The topological polar surface area (TPSA) is 99.3 Å². The van der Waals surface area contributed by atoms with Crippen LogP contribution in [0, 0.1) is 0 Å². The number of fused-ring (bicyclic) bond motifs is 2. The molecule has 7 heterocycles. The third-order valence-corrected chi connectivity index (χ3v) is 7.15. The van der Waals surface area contributed by atoms with Crippen LogP contribution in [-0.2, 0) is 6.54 Å². The molecule has 1 fully saturated rings. The molecule has 6 aromatic rings. The lowest BCUT2D eigenvalue weighted by Gasteiger charge is -2.26. The first-order valence-electron chi connectivity index (χ1n) is 12.7. The van der Waals surface area contributed by atoms with Crippen molar-refractivity contribution in [2.75, 3.05) is 13.1 Å². The van der Waals surface area contributed by atoms with Crippen LogP contribution in [0.25, 0.3) is 55.7 Å². The van der Waals surface area contributed by atoms with E-state index in [4.69, 9.17) is 4.98 Å². The number of rotatable bonds is 5. The number of nitrogens with one attached hydrogen (secondary N) is 2. The van der Waals surface area contributed by atoms with Crippen molar-refractivity contribution in [2.24, 2.45) is 0 Å². The lowest BCUT2D eigenvalue weighted by molar-refractivity contribution is 0.220. The van der Waals surface area contributed by atoms with Gasteiger partial charge in [0, 0.05) is 59.4 Å². The van der Waals surface area contributed by atoms with Gasteiger partial charge < -0.3 is 4.98 Å². The molecule has 7 rings (SSSR count). The molecular weight excluding hydrogens is 460 g/mol. The highest BCUT2D eigenvalue weighted by molar-refractivity contribution is 6.00. The zero-order valence-electron chi connectivity index (χ0n) is 20.4. The molecule has 8 heteroatoms. The Morgan fingerprint density at radius 3 is 2.62 bits per heavy atom. The third-order valence-electron chi connectivity index (χ3n) is 7.15. The summed E-state index contributed by atoms with van der Waals surface area (Å²) in [5.41, 5.74) is 8.69. The minimum atomic E-state index is 0.816. The number of pyridine rings is 4. The molecule has 0 radical (unpaired) electrons. The first kappa shape index (κ1) is 21.8. The van der Waals surface area contributed by atoms with E-state index in [2.05, 4.69) is 59.3 Å². The van der Waals surface area contributed by atoms with Crippen LogP contribution in [0.1, 0.15) is 24.8 Å². The van der Waals surface area contributed by atoms with E-state index in [-0.39, 0.29) is 0 Å². The fourth-order valence-corrected chi connectivity index (χ4v) is 5.30. The second-order valence-electron chi connectivity index (χ2n) is 9.65. The minimum Gasteiger partial charge on any atom is -0.338 e. The largest absolute Gasteiger partial charge is 0.338 e. The van der Waals surface area contributed by atoms with Gasteiger partial charge >= 0.3 is 0 Å². The fourth-order valence-electron chi connectivity index (χ4n) is 5.30. The number of piperidine rings is 1. The zero-order chi connectivity index (χ0) is 24.6. The van der Waals surface area contributed by atoms with Gasteiger partial charge in [0.1, 0.15) is 11.3 Å². The summed E-state index contributed by atoms with van der Waals surface area (Å²) in [6.45, 7) is 3.25. The summed E-state index contributed by atoms with van der Waals surface area (Å²) in [7, 11) is 0. The molecule has 1 aliphatic heterocycles. The van der Waals surface area contributed by atoms with Gasteiger partial charge in [-0.1, -0.05) is 12.5 Å². The maximum atomic E-state index is 4.71. The van der Waals surface area contributed by atoms with Crippen molar-refractivity contribution in [3.63, 3.8) is 0 Å². The standard InChI is InChI=1S/C29H26N8/c1-2-9-37(10-3-1)18-19-11-21(16-31-14-19)25-13-24-27(17-33-25)35-36-28(24)26-12-23-22(6-8-32-29(23)34-26)20-5-4-7-30-15-20/h4-8,11-17H,1-3,9-10,18H2,(H,32,34)(H,35,36). The molecule has 8 nitrogen and oxygen atoms in total. The fraction of sp³-hybridized carbons (Fsp3) is 0.207. The van der Waals surface area contributed by atoms with Crippen LogP contribution in [-0.4, -0.2) is 53.1 Å². The molecule has 0 aliphatic carbocycles. The highest BCUT2D eigenvalue weighted by atomic mass is 15.1. The normalized spacial score (nSPS) is 14.5. The van der Waals surface area contributed by atoms with Crippen molar-refractivity contribution in [1.82, 2.24) is 40.0 Å². The number of aromatic nitrogens is 7. The van der Waals surface area contributed by atoms with E-state index in [0.29, 0.717) is 0 Å². The van der Waals surface area contributed by atoms with E-state index in [1.165, 1.54) is 24.8 Å². The highest BCUT2D eigenvalue weighted by Crippen LogP contribution is 2.34. The van der Waals surface area contributed by atoms with Crippen molar-refractivity contribution in [3.05, 3.63) is 79.1 Å². The van der Waals surface area contributed by atoms with Crippen LogP contribution in [0.3, 0.4) is 0 Å². The van der Waals surface area contributed by atoms with Gasteiger partial charge in [0.15, 0.2) is 0 Å². The molecule has 0 aromatic carbocycles. The molecule has 0 atom stereocenters. The molecule has 182 valence electrons. The first-order chi connectivity index (χ1) is 18.3. The van der Waals surface area contributed by atoms with Crippen LogP contribution in [0.5, 0.6) is 0 Å². The predicted octanol–water partition coefficient (Wildman–Crippen LogP) is 5.61. The van der Waals surface area contributed by atoms with E-state index < -0.39 is 0 Å². The lowest BCUT2D eigenvalue weighted by atomic mass is 10.1. The van der Waals surface area contributed by atoms with Crippen molar-refractivity contribution < 1.29 is 0 Å². The monoisotopic (exact) mass is 486 g/mol. The van der Waals surface area contributed by atoms with Crippen LogP contribution in [0.2, 0.25) is 0 Å². The van der Waals surface area contributed by atoms with Gasteiger partial charge in [-0.3, -0.25) is 25.0 Å². The SMILES string of the molecule is c1cncc(-c2ccnc3[nH]c(-c4n[nH]c5cnc(-c6cncc(CN7CCCCC7)c6)cc45)cc23)c1. The third kappa shape index (κ3) is 4.15. The maximum Gasteiger partial charge on any atom is 0.138 e. The lowest BCUT2D eigenvalue weighted by Crippen LogP contribution is -2.29. The summed E-state index contributed by atoms with van der Waals surface area (Å²) in [4.78, 5) is 24.1. The highest BCUT2D eigenvalue weighted by Gasteiger charge is 2.16. The molecule has 0 bridgehead atoms. The van der Waals surface area contributed by atoms with Crippen LogP contribution < -0.4 is 0 Å². The summed E-state index contributed by atoms with van der Waals surface area (Å²) >= 11 is 0. The zero-order valence-corrected chi connectivity index (χ0v) is 20.4. The summed E-state index contributed by atoms with van der Waals surface area (Å²) in [6, 6.07) is 12.4. The number of H-pyrrole nitrogens is 2. The van der Waals surface area contributed by atoms with Gasteiger partial charge in [-0.25, -0.2) is 4.98 Å². The molecule has 0 unspecified atom stereocenters.